The van der Waals surface area contributed by atoms with Crippen molar-refractivity contribution in [1.82, 2.24) is 10.6 Å². The zero-order chi connectivity index (χ0) is 12.8. The number of hydrogen-bond acceptors (Lipinski definition) is 2. The Bertz CT molecular complexity index is 339. The molecule has 1 saturated heterocycles. The van der Waals surface area contributed by atoms with Crippen LogP contribution in [0.15, 0.2) is 24.3 Å². The molecule has 0 radical (unpaired) electrons. The van der Waals surface area contributed by atoms with Crippen molar-refractivity contribution in [2.45, 2.75) is 51.1 Å². The van der Waals surface area contributed by atoms with E-state index >= 15 is 0 Å². The second-order valence-corrected chi connectivity index (χ2v) is 5.36. The predicted octanol–water partition coefficient (Wildman–Crippen LogP) is 3.04. The molecule has 0 spiro atoms. The zero-order valence-electron chi connectivity index (χ0n) is 11.7. The summed E-state index contributed by atoms with van der Waals surface area (Å²) in [7, 11) is 2.07. The van der Waals surface area contributed by atoms with Gasteiger partial charge in [-0.2, -0.15) is 0 Å². The second-order valence-electron chi connectivity index (χ2n) is 5.36. The SMILES string of the molecule is CCCc1ccc(C(CC2CCCN2)NC)cc1. The highest BCUT2D eigenvalue weighted by atomic mass is 15.0. The van der Waals surface area contributed by atoms with Crippen LogP contribution in [0.2, 0.25) is 0 Å². The van der Waals surface area contributed by atoms with Crippen LogP contribution in [-0.4, -0.2) is 19.6 Å². The van der Waals surface area contributed by atoms with E-state index < -0.39 is 0 Å². The lowest BCUT2D eigenvalue weighted by Gasteiger charge is -2.21. The summed E-state index contributed by atoms with van der Waals surface area (Å²) >= 11 is 0. The van der Waals surface area contributed by atoms with Crippen LogP contribution in [0.4, 0.5) is 0 Å². The minimum absolute atomic E-state index is 0.483. The number of benzene rings is 1. The highest BCUT2D eigenvalue weighted by Gasteiger charge is 2.19. The summed E-state index contributed by atoms with van der Waals surface area (Å²) in [5.41, 5.74) is 2.88. The molecule has 0 bridgehead atoms. The van der Waals surface area contributed by atoms with E-state index in [1.165, 1.54) is 49.8 Å². The average Bonchev–Trinajstić information content (AvgIpc) is 2.90. The number of nitrogens with one attached hydrogen (secondary N) is 2. The molecule has 18 heavy (non-hydrogen) atoms. The van der Waals surface area contributed by atoms with Gasteiger partial charge in [-0.25, -0.2) is 0 Å². The van der Waals surface area contributed by atoms with Crippen molar-refractivity contribution < 1.29 is 0 Å². The van der Waals surface area contributed by atoms with Gasteiger partial charge in [0.2, 0.25) is 0 Å². The van der Waals surface area contributed by atoms with Crippen LogP contribution in [0, 0.1) is 0 Å². The summed E-state index contributed by atoms with van der Waals surface area (Å²) in [6.07, 6.45) is 6.27. The zero-order valence-corrected chi connectivity index (χ0v) is 11.7. The molecule has 0 aliphatic carbocycles. The first-order chi connectivity index (χ1) is 8.83. The third-order valence-corrected chi connectivity index (χ3v) is 3.95. The van der Waals surface area contributed by atoms with Crippen LogP contribution in [0.1, 0.15) is 49.8 Å². The van der Waals surface area contributed by atoms with Gasteiger partial charge in [-0.3, -0.25) is 0 Å². The van der Waals surface area contributed by atoms with E-state index in [1.807, 2.05) is 0 Å². The van der Waals surface area contributed by atoms with Gasteiger partial charge >= 0.3 is 0 Å². The molecule has 2 heteroatoms. The molecule has 2 unspecified atom stereocenters. The monoisotopic (exact) mass is 246 g/mol. The summed E-state index contributed by atoms with van der Waals surface area (Å²) in [4.78, 5) is 0. The Hall–Kier alpha value is -0.860. The summed E-state index contributed by atoms with van der Waals surface area (Å²) in [6, 6.07) is 10.3. The Morgan fingerprint density at radius 1 is 1.33 bits per heavy atom. The van der Waals surface area contributed by atoms with E-state index in [4.69, 9.17) is 0 Å². The van der Waals surface area contributed by atoms with E-state index in [0.29, 0.717) is 12.1 Å². The first-order valence-electron chi connectivity index (χ1n) is 7.33. The lowest BCUT2D eigenvalue weighted by molar-refractivity contribution is 0.453. The van der Waals surface area contributed by atoms with Gasteiger partial charge in [0.05, 0.1) is 0 Å². The first kappa shape index (κ1) is 13.6. The average molecular weight is 246 g/mol. The molecular weight excluding hydrogens is 220 g/mol. The third-order valence-electron chi connectivity index (χ3n) is 3.95. The minimum atomic E-state index is 0.483. The topological polar surface area (TPSA) is 24.1 Å². The van der Waals surface area contributed by atoms with Crippen molar-refractivity contribution in [2.75, 3.05) is 13.6 Å². The van der Waals surface area contributed by atoms with E-state index in [1.54, 1.807) is 0 Å². The van der Waals surface area contributed by atoms with Crippen molar-refractivity contribution in [3.63, 3.8) is 0 Å². The lowest BCUT2D eigenvalue weighted by Crippen LogP contribution is -2.28. The molecule has 1 heterocycles. The third kappa shape index (κ3) is 3.56. The van der Waals surface area contributed by atoms with E-state index in [-0.39, 0.29) is 0 Å². The summed E-state index contributed by atoms with van der Waals surface area (Å²) < 4.78 is 0. The number of rotatable bonds is 6. The molecule has 100 valence electrons. The van der Waals surface area contributed by atoms with Gasteiger partial charge in [-0.05, 0) is 50.4 Å². The van der Waals surface area contributed by atoms with Crippen LogP contribution in [0.3, 0.4) is 0 Å². The molecule has 1 aromatic carbocycles. The molecule has 1 aliphatic heterocycles. The predicted molar refractivity (Wildman–Crippen MR) is 77.9 cm³/mol. The van der Waals surface area contributed by atoms with Crippen molar-refractivity contribution >= 4 is 0 Å². The van der Waals surface area contributed by atoms with Gasteiger partial charge in [0.25, 0.3) is 0 Å². The van der Waals surface area contributed by atoms with Gasteiger partial charge in [-0.1, -0.05) is 37.6 Å². The van der Waals surface area contributed by atoms with Crippen molar-refractivity contribution in [3.05, 3.63) is 35.4 Å². The molecule has 2 N–H and O–H groups in total. The van der Waals surface area contributed by atoms with Gasteiger partial charge in [0.15, 0.2) is 0 Å². The minimum Gasteiger partial charge on any atom is -0.314 e. The number of hydrogen-bond donors (Lipinski definition) is 2. The molecule has 0 amide bonds. The fourth-order valence-electron chi connectivity index (χ4n) is 2.87. The Morgan fingerprint density at radius 2 is 2.11 bits per heavy atom. The largest absolute Gasteiger partial charge is 0.314 e. The fourth-order valence-corrected chi connectivity index (χ4v) is 2.87. The summed E-state index contributed by atoms with van der Waals surface area (Å²) in [5, 5.41) is 7.04. The molecule has 2 rings (SSSR count). The molecule has 1 aliphatic rings. The van der Waals surface area contributed by atoms with Crippen LogP contribution < -0.4 is 10.6 Å². The fraction of sp³-hybridized carbons (Fsp3) is 0.625. The summed E-state index contributed by atoms with van der Waals surface area (Å²) in [5.74, 6) is 0. The molecule has 1 fully saturated rings. The lowest BCUT2D eigenvalue weighted by atomic mass is 9.97. The van der Waals surface area contributed by atoms with Crippen LogP contribution in [-0.2, 0) is 6.42 Å². The maximum atomic E-state index is 3.58. The Morgan fingerprint density at radius 3 is 2.67 bits per heavy atom. The van der Waals surface area contributed by atoms with Gasteiger partial charge in [0, 0.05) is 12.1 Å². The van der Waals surface area contributed by atoms with E-state index in [2.05, 4.69) is 48.9 Å². The molecule has 1 aromatic rings. The first-order valence-corrected chi connectivity index (χ1v) is 7.33. The van der Waals surface area contributed by atoms with Crippen molar-refractivity contribution in [1.29, 1.82) is 0 Å². The molecule has 0 aromatic heterocycles. The highest BCUT2D eigenvalue weighted by Crippen LogP contribution is 2.22. The van der Waals surface area contributed by atoms with Crippen molar-refractivity contribution in [2.24, 2.45) is 0 Å². The van der Waals surface area contributed by atoms with Crippen LogP contribution in [0.25, 0.3) is 0 Å². The van der Waals surface area contributed by atoms with Gasteiger partial charge < -0.3 is 10.6 Å². The second kappa shape index (κ2) is 6.91. The highest BCUT2D eigenvalue weighted by molar-refractivity contribution is 5.25. The maximum absolute atomic E-state index is 3.58. The number of aryl methyl sites for hydroxylation is 1. The van der Waals surface area contributed by atoms with Crippen molar-refractivity contribution in [3.8, 4) is 0 Å². The molecule has 2 nitrogen and oxygen atoms in total. The smallest absolute Gasteiger partial charge is 0.0332 e. The standard InChI is InChI=1S/C16H26N2/c1-3-5-13-7-9-14(10-8-13)16(17-2)12-15-6-4-11-18-15/h7-10,15-18H,3-6,11-12H2,1-2H3. The van der Waals surface area contributed by atoms with Crippen LogP contribution in [0.5, 0.6) is 0 Å². The normalized spacial score (nSPS) is 21.1. The maximum Gasteiger partial charge on any atom is 0.0332 e. The Labute approximate surface area is 111 Å². The Kier molecular flexibility index (Phi) is 5.21. The Balaban J connectivity index is 1.97. The quantitative estimate of drug-likeness (QED) is 0.806. The van der Waals surface area contributed by atoms with Crippen LogP contribution >= 0.6 is 0 Å². The van der Waals surface area contributed by atoms with E-state index in [0.717, 1.165) is 0 Å². The van der Waals surface area contributed by atoms with E-state index in [9.17, 15) is 0 Å². The van der Waals surface area contributed by atoms with Gasteiger partial charge in [-0.15, -0.1) is 0 Å². The van der Waals surface area contributed by atoms with Gasteiger partial charge in [0.1, 0.15) is 0 Å². The molecule has 2 atom stereocenters. The molecular formula is C16H26N2. The molecule has 0 saturated carbocycles. The summed E-state index contributed by atoms with van der Waals surface area (Å²) in [6.45, 7) is 3.42.